The molecule has 1 saturated carbocycles. The lowest BCUT2D eigenvalue weighted by molar-refractivity contribution is -0.151. The molecule has 5 nitrogen and oxygen atoms in total. The van der Waals surface area contributed by atoms with E-state index in [0.29, 0.717) is 19.4 Å². The Hall–Kier alpha value is -1.10. The first-order valence-corrected chi connectivity index (χ1v) is 7.74. The third kappa shape index (κ3) is 3.95. The summed E-state index contributed by atoms with van der Waals surface area (Å²) in [6, 6.07) is 0. The Morgan fingerprint density at radius 1 is 1.20 bits per heavy atom. The van der Waals surface area contributed by atoms with E-state index in [4.69, 9.17) is 4.74 Å². The molecule has 20 heavy (non-hydrogen) atoms. The number of nitrogens with one attached hydrogen (secondary N) is 1. The van der Waals surface area contributed by atoms with Crippen LogP contribution in [0.3, 0.4) is 0 Å². The van der Waals surface area contributed by atoms with Crippen LogP contribution in [0.4, 0.5) is 0 Å². The van der Waals surface area contributed by atoms with Gasteiger partial charge in [-0.3, -0.25) is 9.59 Å². The van der Waals surface area contributed by atoms with E-state index in [9.17, 15) is 14.7 Å². The Labute approximate surface area is 120 Å². The standard InChI is InChI=1S/C15H25NO4/c17-13(11-15(14(18)19)7-2-3-8-15)16-9-6-12-5-1-4-10-20-12/h12H,1-11H2,(H,16,17)(H,18,19). The minimum absolute atomic E-state index is 0.119. The third-order valence-corrected chi connectivity index (χ3v) is 4.58. The van der Waals surface area contributed by atoms with Gasteiger partial charge in [0.15, 0.2) is 0 Å². The average molecular weight is 283 g/mol. The molecule has 0 aromatic heterocycles. The highest BCUT2D eigenvalue weighted by molar-refractivity contribution is 5.85. The highest BCUT2D eigenvalue weighted by Crippen LogP contribution is 2.41. The Balaban J connectivity index is 1.70. The SMILES string of the molecule is O=C(CC1(C(=O)O)CCCC1)NCCC1CCCCO1. The number of hydrogen-bond donors (Lipinski definition) is 2. The molecule has 0 aromatic rings. The normalized spacial score (nSPS) is 25.3. The maximum absolute atomic E-state index is 11.9. The van der Waals surface area contributed by atoms with Crippen LogP contribution in [-0.4, -0.2) is 36.2 Å². The van der Waals surface area contributed by atoms with E-state index in [1.54, 1.807) is 0 Å². The lowest BCUT2D eigenvalue weighted by atomic mass is 9.82. The predicted molar refractivity (Wildman–Crippen MR) is 74.4 cm³/mol. The first kappa shape index (κ1) is 15.3. The molecule has 5 heteroatoms. The predicted octanol–water partition coefficient (Wildman–Crippen LogP) is 2.10. The van der Waals surface area contributed by atoms with Crippen LogP contribution in [0.5, 0.6) is 0 Å². The summed E-state index contributed by atoms with van der Waals surface area (Å²) in [6.45, 7) is 1.40. The molecule has 0 spiro atoms. The van der Waals surface area contributed by atoms with E-state index in [1.165, 1.54) is 6.42 Å². The minimum Gasteiger partial charge on any atom is -0.481 e. The fourth-order valence-corrected chi connectivity index (χ4v) is 3.30. The highest BCUT2D eigenvalue weighted by Gasteiger charge is 2.42. The van der Waals surface area contributed by atoms with Gasteiger partial charge in [-0.15, -0.1) is 0 Å². The average Bonchev–Trinajstić information content (AvgIpc) is 2.90. The van der Waals surface area contributed by atoms with Gasteiger partial charge in [-0.25, -0.2) is 0 Å². The van der Waals surface area contributed by atoms with Crippen molar-refractivity contribution in [2.75, 3.05) is 13.2 Å². The van der Waals surface area contributed by atoms with Crippen LogP contribution in [0.1, 0.15) is 57.8 Å². The summed E-state index contributed by atoms with van der Waals surface area (Å²) >= 11 is 0. The molecular weight excluding hydrogens is 258 g/mol. The zero-order chi connectivity index (χ0) is 14.4. The second-order valence-corrected chi connectivity index (χ2v) is 6.10. The fourth-order valence-electron chi connectivity index (χ4n) is 3.30. The van der Waals surface area contributed by atoms with Crippen molar-refractivity contribution in [3.63, 3.8) is 0 Å². The van der Waals surface area contributed by atoms with Crippen LogP contribution in [0.25, 0.3) is 0 Å². The van der Waals surface area contributed by atoms with Crippen molar-refractivity contribution in [1.82, 2.24) is 5.32 Å². The van der Waals surface area contributed by atoms with Crippen LogP contribution in [-0.2, 0) is 14.3 Å². The van der Waals surface area contributed by atoms with Gasteiger partial charge in [0.05, 0.1) is 11.5 Å². The van der Waals surface area contributed by atoms with Crippen molar-refractivity contribution in [3.8, 4) is 0 Å². The molecule has 1 unspecified atom stereocenters. The van der Waals surface area contributed by atoms with Crippen LogP contribution in [0.2, 0.25) is 0 Å². The number of amides is 1. The van der Waals surface area contributed by atoms with E-state index in [-0.39, 0.29) is 18.4 Å². The second-order valence-electron chi connectivity index (χ2n) is 6.10. The highest BCUT2D eigenvalue weighted by atomic mass is 16.5. The Kier molecular flexibility index (Phi) is 5.40. The molecule has 2 aliphatic rings. The topological polar surface area (TPSA) is 75.6 Å². The molecule has 0 radical (unpaired) electrons. The number of carbonyl (C=O) groups is 2. The van der Waals surface area contributed by atoms with Gasteiger partial charge in [-0.2, -0.15) is 0 Å². The minimum atomic E-state index is -0.819. The quantitative estimate of drug-likeness (QED) is 0.782. The van der Waals surface area contributed by atoms with Gasteiger partial charge in [0.25, 0.3) is 0 Å². The smallest absolute Gasteiger partial charge is 0.310 e. The number of aliphatic carboxylic acids is 1. The summed E-state index contributed by atoms with van der Waals surface area (Å²) in [7, 11) is 0. The van der Waals surface area contributed by atoms with Crippen LogP contribution in [0.15, 0.2) is 0 Å². The number of carboxylic acids is 1. The summed E-state index contributed by atoms with van der Waals surface area (Å²) in [6.07, 6.45) is 7.66. The molecule has 114 valence electrons. The lowest BCUT2D eigenvalue weighted by Gasteiger charge is -2.24. The first-order valence-electron chi connectivity index (χ1n) is 7.74. The largest absolute Gasteiger partial charge is 0.481 e. The maximum atomic E-state index is 11.9. The van der Waals surface area contributed by atoms with Crippen LogP contribution in [0, 0.1) is 5.41 Å². The number of hydrogen-bond acceptors (Lipinski definition) is 3. The van der Waals surface area contributed by atoms with Crippen molar-refractivity contribution in [1.29, 1.82) is 0 Å². The van der Waals surface area contributed by atoms with Crippen molar-refractivity contribution in [3.05, 3.63) is 0 Å². The molecule has 1 aliphatic heterocycles. The summed E-state index contributed by atoms with van der Waals surface area (Å²) < 4.78 is 5.61. The van der Waals surface area contributed by atoms with Gasteiger partial charge in [-0.1, -0.05) is 12.8 Å². The van der Waals surface area contributed by atoms with Gasteiger partial charge in [-0.05, 0) is 38.5 Å². The van der Waals surface area contributed by atoms with E-state index >= 15 is 0 Å². The zero-order valence-electron chi connectivity index (χ0n) is 12.0. The molecule has 1 amide bonds. The zero-order valence-corrected chi connectivity index (χ0v) is 12.0. The summed E-state index contributed by atoms with van der Waals surface area (Å²) in [5.74, 6) is -0.953. The summed E-state index contributed by atoms with van der Waals surface area (Å²) in [5, 5.41) is 12.2. The molecule has 1 heterocycles. The monoisotopic (exact) mass is 283 g/mol. The van der Waals surface area contributed by atoms with E-state index in [0.717, 1.165) is 38.7 Å². The molecule has 0 bridgehead atoms. The van der Waals surface area contributed by atoms with Gasteiger partial charge < -0.3 is 15.2 Å². The second kappa shape index (κ2) is 7.07. The van der Waals surface area contributed by atoms with Crippen LogP contribution >= 0.6 is 0 Å². The van der Waals surface area contributed by atoms with Gasteiger partial charge in [0.2, 0.25) is 5.91 Å². The van der Waals surface area contributed by atoms with Crippen molar-refractivity contribution in [2.45, 2.75) is 63.9 Å². The summed E-state index contributed by atoms with van der Waals surface area (Å²) in [4.78, 5) is 23.3. The van der Waals surface area contributed by atoms with Gasteiger partial charge in [0.1, 0.15) is 0 Å². The third-order valence-electron chi connectivity index (χ3n) is 4.58. The number of rotatable bonds is 6. The molecular formula is C15H25NO4. The molecule has 2 N–H and O–H groups in total. The van der Waals surface area contributed by atoms with E-state index in [1.807, 2.05) is 0 Å². The van der Waals surface area contributed by atoms with E-state index < -0.39 is 11.4 Å². The molecule has 1 saturated heterocycles. The molecule has 2 fully saturated rings. The first-order chi connectivity index (χ1) is 9.62. The number of carboxylic acid groups (broad SMARTS) is 1. The molecule has 1 aliphatic carbocycles. The van der Waals surface area contributed by atoms with Crippen molar-refractivity contribution in [2.24, 2.45) is 5.41 Å². The number of carbonyl (C=O) groups excluding carboxylic acids is 1. The van der Waals surface area contributed by atoms with Crippen molar-refractivity contribution >= 4 is 11.9 Å². The summed E-state index contributed by atoms with van der Waals surface area (Å²) in [5.41, 5.74) is -0.814. The van der Waals surface area contributed by atoms with Gasteiger partial charge in [0, 0.05) is 19.6 Å². The van der Waals surface area contributed by atoms with Gasteiger partial charge >= 0.3 is 5.97 Å². The molecule has 1 atom stereocenters. The maximum Gasteiger partial charge on any atom is 0.310 e. The fraction of sp³-hybridized carbons (Fsp3) is 0.867. The van der Waals surface area contributed by atoms with Crippen molar-refractivity contribution < 1.29 is 19.4 Å². The Bertz CT molecular complexity index is 344. The van der Waals surface area contributed by atoms with E-state index in [2.05, 4.69) is 5.32 Å². The Morgan fingerprint density at radius 3 is 2.55 bits per heavy atom. The Morgan fingerprint density at radius 2 is 1.95 bits per heavy atom. The number of ether oxygens (including phenoxy) is 1. The molecule has 0 aromatic carbocycles. The molecule has 2 rings (SSSR count). The lowest BCUT2D eigenvalue weighted by Crippen LogP contribution is -2.37. The van der Waals surface area contributed by atoms with Crippen LogP contribution < -0.4 is 5.32 Å².